The van der Waals surface area contributed by atoms with Gasteiger partial charge in [0.15, 0.2) is 0 Å². The van der Waals surface area contributed by atoms with E-state index in [1.54, 1.807) is 0 Å². The summed E-state index contributed by atoms with van der Waals surface area (Å²) < 4.78 is 0. The molecule has 0 aliphatic rings. The van der Waals surface area contributed by atoms with Crippen molar-refractivity contribution >= 4 is 17.3 Å². The van der Waals surface area contributed by atoms with Crippen molar-refractivity contribution in [2.45, 2.75) is 12.8 Å². The molecule has 0 saturated heterocycles. The Balaban J connectivity index is 2.47. The van der Waals surface area contributed by atoms with Crippen LogP contribution in [0.4, 0.5) is 5.69 Å². The number of nitrogens with two attached hydrogens (primary N) is 1. The molecule has 3 heteroatoms. The molecule has 0 amide bonds. The number of hydrogen-bond acceptors (Lipinski definition) is 2. The molecular formula is C11H17ClN2. The standard InChI is InChI=1S/C11H17ClN2/c1-14(8-3-2-7-13)11-6-4-5-10(12)9-11/h4-6,9H,2-3,7-8,13H2,1H3. The first kappa shape index (κ1) is 11.3. The molecule has 0 bridgehead atoms. The lowest BCUT2D eigenvalue weighted by Crippen LogP contribution is -2.19. The Bertz CT molecular complexity index is 276. The molecule has 0 atom stereocenters. The molecule has 0 unspecified atom stereocenters. The Kier molecular flexibility index (Phi) is 4.77. The molecule has 1 aromatic rings. The lowest BCUT2D eigenvalue weighted by atomic mass is 10.2. The van der Waals surface area contributed by atoms with E-state index in [2.05, 4.69) is 18.0 Å². The molecule has 2 nitrogen and oxygen atoms in total. The predicted molar refractivity (Wildman–Crippen MR) is 63.0 cm³/mol. The van der Waals surface area contributed by atoms with Gasteiger partial charge >= 0.3 is 0 Å². The van der Waals surface area contributed by atoms with Crippen LogP contribution in [0.15, 0.2) is 24.3 Å². The van der Waals surface area contributed by atoms with Gasteiger partial charge in [0, 0.05) is 24.3 Å². The van der Waals surface area contributed by atoms with Crippen molar-refractivity contribution in [2.75, 3.05) is 25.0 Å². The van der Waals surface area contributed by atoms with Gasteiger partial charge in [-0.3, -0.25) is 0 Å². The van der Waals surface area contributed by atoms with E-state index in [0.717, 1.165) is 36.6 Å². The maximum absolute atomic E-state index is 5.90. The Morgan fingerprint density at radius 1 is 1.36 bits per heavy atom. The lowest BCUT2D eigenvalue weighted by Gasteiger charge is -2.19. The smallest absolute Gasteiger partial charge is 0.0426 e. The van der Waals surface area contributed by atoms with Gasteiger partial charge in [0.2, 0.25) is 0 Å². The Labute approximate surface area is 90.7 Å². The van der Waals surface area contributed by atoms with Gasteiger partial charge in [0.1, 0.15) is 0 Å². The predicted octanol–water partition coefficient (Wildman–Crippen LogP) is 2.52. The first-order chi connectivity index (χ1) is 6.74. The van der Waals surface area contributed by atoms with Crippen LogP contribution < -0.4 is 10.6 Å². The second-order valence-electron chi connectivity index (χ2n) is 3.40. The van der Waals surface area contributed by atoms with E-state index in [4.69, 9.17) is 17.3 Å². The van der Waals surface area contributed by atoms with Crippen molar-refractivity contribution in [3.8, 4) is 0 Å². The van der Waals surface area contributed by atoms with Crippen LogP contribution >= 0.6 is 11.6 Å². The van der Waals surface area contributed by atoms with Gasteiger partial charge < -0.3 is 10.6 Å². The van der Waals surface area contributed by atoms with Crippen molar-refractivity contribution in [3.05, 3.63) is 29.3 Å². The minimum atomic E-state index is 0.767. The largest absolute Gasteiger partial charge is 0.375 e. The van der Waals surface area contributed by atoms with E-state index in [0.29, 0.717) is 0 Å². The van der Waals surface area contributed by atoms with Crippen LogP contribution in [0.5, 0.6) is 0 Å². The number of hydrogen-bond donors (Lipinski definition) is 1. The molecule has 0 aliphatic heterocycles. The van der Waals surface area contributed by atoms with Crippen molar-refractivity contribution in [2.24, 2.45) is 5.73 Å². The Morgan fingerprint density at radius 2 is 2.14 bits per heavy atom. The minimum absolute atomic E-state index is 0.767. The van der Waals surface area contributed by atoms with Gasteiger partial charge in [0.25, 0.3) is 0 Å². The highest BCUT2D eigenvalue weighted by molar-refractivity contribution is 6.30. The zero-order valence-electron chi connectivity index (χ0n) is 8.54. The van der Waals surface area contributed by atoms with E-state index in [1.807, 2.05) is 18.2 Å². The van der Waals surface area contributed by atoms with Crippen molar-refractivity contribution in [1.29, 1.82) is 0 Å². The quantitative estimate of drug-likeness (QED) is 0.761. The number of halogens is 1. The van der Waals surface area contributed by atoms with Crippen molar-refractivity contribution in [1.82, 2.24) is 0 Å². The minimum Gasteiger partial charge on any atom is -0.375 e. The normalized spacial score (nSPS) is 10.2. The third kappa shape index (κ3) is 3.56. The first-order valence-corrected chi connectivity index (χ1v) is 5.28. The zero-order valence-corrected chi connectivity index (χ0v) is 9.30. The third-order valence-electron chi connectivity index (χ3n) is 2.20. The average Bonchev–Trinajstić information content (AvgIpc) is 2.18. The van der Waals surface area contributed by atoms with E-state index >= 15 is 0 Å². The topological polar surface area (TPSA) is 29.3 Å². The molecule has 1 aromatic carbocycles. The van der Waals surface area contributed by atoms with Crippen LogP contribution in [0.2, 0.25) is 5.02 Å². The molecule has 0 aliphatic carbocycles. The van der Waals surface area contributed by atoms with Crippen LogP contribution in [-0.4, -0.2) is 20.1 Å². The van der Waals surface area contributed by atoms with Crippen LogP contribution in [0.25, 0.3) is 0 Å². The Morgan fingerprint density at radius 3 is 2.79 bits per heavy atom. The van der Waals surface area contributed by atoms with E-state index in [1.165, 1.54) is 0 Å². The maximum Gasteiger partial charge on any atom is 0.0426 e. The molecule has 0 spiro atoms. The summed E-state index contributed by atoms with van der Waals surface area (Å²) in [6.45, 7) is 1.79. The molecule has 0 saturated carbocycles. The van der Waals surface area contributed by atoms with Gasteiger partial charge in [-0.2, -0.15) is 0 Å². The SMILES string of the molecule is CN(CCCCN)c1cccc(Cl)c1. The molecule has 2 N–H and O–H groups in total. The molecule has 78 valence electrons. The van der Waals surface area contributed by atoms with Crippen LogP contribution in [-0.2, 0) is 0 Å². The highest BCUT2D eigenvalue weighted by atomic mass is 35.5. The fourth-order valence-electron chi connectivity index (χ4n) is 1.34. The van der Waals surface area contributed by atoms with Crippen molar-refractivity contribution in [3.63, 3.8) is 0 Å². The summed E-state index contributed by atoms with van der Waals surface area (Å²) >= 11 is 5.90. The summed E-state index contributed by atoms with van der Waals surface area (Å²) in [5.41, 5.74) is 6.60. The molecular weight excluding hydrogens is 196 g/mol. The summed E-state index contributed by atoms with van der Waals surface area (Å²) in [7, 11) is 2.07. The van der Waals surface area contributed by atoms with Crippen LogP contribution in [0, 0.1) is 0 Å². The van der Waals surface area contributed by atoms with Gasteiger partial charge in [0.05, 0.1) is 0 Å². The van der Waals surface area contributed by atoms with Crippen molar-refractivity contribution < 1.29 is 0 Å². The monoisotopic (exact) mass is 212 g/mol. The highest BCUT2D eigenvalue weighted by Gasteiger charge is 2.00. The molecule has 0 heterocycles. The number of benzene rings is 1. The van der Waals surface area contributed by atoms with E-state index in [9.17, 15) is 0 Å². The molecule has 14 heavy (non-hydrogen) atoms. The summed E-state index contributed by atoms with van der Waals surface area (Å²) in [5, 5.41) is 0.785. The summed E-state index contributed by atoms with van der Waals surface area (Å²) in [6, 6.07) is 7.90. The van der Waals surface area contributed by atoms with E-state index < -0.39 is 0 Å². The lowest BCUT2D eigenvalue weighted by molar-refractivity contribution is 0.728. The third-order valence-corrected chi connectivity index (χ3v) is 2.43. The van der Waals surface area contributed by atoms with Crippen LogP contribution in [0.1, 0.15) is 12.8 Å². The average molecular weight is 213 g/mol. The second-order valence-corrected chi connectivity index (χ2v) is 3.83. The number of unbranched alkanes of at least 4 members (excludes halogenated alkanes) is 1. The Hall–Kier alpha value is -0.730. The summed E-state index contributed by atoms with van der Waals surface area (Å²) in [5.74, 6) is 0. The van der Waals surface area contributed by atoms with Crippen LogP contribution in [0.3, 0.4) is 0 Å². The molecule has 0 radical (unpaired) electrons. The maximum atomic E-state index is 5.90. The second kappa shape index (κ2) is 5.89. The highest BCUT2D eigenvalue weighted by Crippen LogP contribution is 2.18. The summed E-state index contributed by atoms with van der Waals surface area (Å²) in [6.07, 6.45) is 2.20. The number of anilines is 1. The first-order valence-electron chi connectivity index (χ1n) is 4.91. The molecule has 0 fully saturated rings. The van der Waals surface area contributed by atoms with Gasteiger partial charge in [-0.1, -0.05) is 17.7 Å². The number of rotatable bonds is 5. The van der Waals surface area contributed by atoms with Gasteiger partial charge in [-0.25, -0.2) is 0 Å². The fraction of sp³-hybridized carbons (Fsp3) is 0.455. The fourth-order valence-corrected chi connectivity index (χ4v) is 1.52. The molecule has 0 aromatic heterocycles. The van der Waals surface area contributed by atoms with E-state index in [-0.39, 0.29) is 0 Å². The number of nitrogens with zero attached hydrogens (tertiary/aromatic N) is 1. The van der Waals surface area contributed by atoms with Gasteiger partial charge in [-0.15, -0.1) is 0 Å². The van der Waals surface area contributed by atoms with Gasteiger partial charge in [-0.05, 0) is 37.6 Å². The summed E-state index contributed by atoms with van der Waals surface area (Å²) in [4.78, 5) is 2.20. The zero-order chi connectivity index (χ0) is 10.4. The molecule has 1 rings (SSSR count).